The summed E-state index contributed by atoms with van der Waals surface area (Å²) in [6.07, 6.45) is 6.49. The van der Waals surface area contributed by atoms with Crippen LogP contribution in [0.25, 0.3) is 0 Å². The highest BCUT2D eigenvalue weighted by molar-refractivity contribution is 5.47. The Bertz CT molecular complexity index is 386. The first-order valence-electron chi connectivity index (χ1n) is 6.02. The SMILES string of the molecule is C/C=C1/C(O)=C(C=C(C)C)C2CCC1N2C. The fourth-order valence-electron chi connectivity index (χ4n) is 2.98. The largest absolute Gasteiger partial charge is 0.507 e. The third-order valence-corrected chi connectivity index (χ3v) is 3.72. The molecule has 0 aliphatic carbocycles. The molecule has 1 N–H and O–H groups in total. The van der Waals surface area contributed by atoms with Crippen molar-refractivity contribution in [2.75, 3.05) is 7.05 Å². The molecule has 0 saturated carbocycles. The number of aliphatic hydroxyl groups excluding tert-OH is 1. The van der Waals surface area contributed by atoms with Crippen LogP contribution in [0.5, 0.6) is 0 Å². The first kappa shape index (κ1) is 11.5. The summed E-state index contributed by atoms with van der Waals surface area (Å²) in [5, 5.41) is 10.3. The van der Waals surface area contributed by atoms with Crippen LogP contribution in [0, 0.1) is 0 Å². The molecule has 0 spiro atoms. The quantitative estimate of drug-likeness (QED) is 0.732. The van der Waals surface area contributed by atoms with E-state index < -0.39 is 0 Å². The van der Waals surface area contributed by atoms with E-state index in [0.717, 1.165) is 24.0 Å². The van der Waals surface area contributed by atoms with E-state index in [1.54, 1.807) is 0 Å². The van der Waals surface area contributed by atoms with Gasteiger partial charge in [0, 0.05) is 23.2 Å². The predicted molar refractivity (Wildman–Crippen MR) is 67.4 cm³/mol. The molecule has 2 aliphatic rings. The summed E-state index contributed by atoms with van der Waals surface area (Å²) in [7, 11) is 2.16. The smallest absolute Gasteiger partial charge is 0.124 e. The standard InChI is InChI=1S/C14H21NO/c1-5-10-12-6-7-13(15(12)4)11(14(10)16)8-9(2)3/h5,8,12-13,16H,6-7H2,1-4H3/b10-5+. The van der Waals surface area contributed by atoms with Crippen LogP contribution >= 0.6 is 0 Å². The van der Waals surface area contributed by atoms with E-state index in [1.807, 2.05) is 6.92 Å². The van der Waals surface area contributed by atoms with Crippen molar-refractivity contribution in [2.24, 2.45) is 0 Å². The van der Waals surface area contributed by atoms with Crippen molar-refractivity contribution in [2.45, 2.75) is 45.7 Å². The molecule has 1 saturated heterocycles. The van der Waals surface area contributed by atoms with Gasteiger partial charge in [-0.3, -0.25) is 4.90 Å². The van der Waals surface area contributed by atoms with Crippen molar-refractivity contribution in [1.29, 1.82) is 0 Å². The molecular formula is C14H21NO. The minimum Gasteiger partial charge on any atom is -0.507 e. The van der Waals surface area contributed by atoms with E-state index in [0.29, 0.717) is 17.8 Å². The summed E-state index contributed by atoms with van der Waals surface area (Å²) in [6, 6.07) is 0.827. The van der Waals surface area contributed by atoms with E-state index in [4.69, 9.17) is 0 Å². The number of fused-ring (bicyclic) bond motifs is 2. The maximum Gasteiger partial charge on any atom is 0.124 e. The van der Waals surface area contributed by atoms with Crippen LogP contribution in [0.2, 0.25) is 0 Å². The number of allylic oxidation sites excluding steroid dienone is 2. The van der Waals surface area contributed by atoms with Gasteiger partial charge in [0.2, 0.25) is 0 Å². The Labute approximate surface area is 98.0 Å². The molecule has 0 aromatic rings. The lowest BCUT2D eigenvalue weighted by molar-refractivity contribution is 0.252. The van der Waals surface area contributed by atoms with Crippen LogP contribution in [-0.2, 0) is 0 Å². The molecule has 2 bridgehead atoms. The maximum atomic E-state index is 10.3. The van der Waals surface area contributed by atoms with Gasteiger partial charge in [-0.15, -0.1) is 0 Å². The molecule has 2 atom stereocenters. The molecule has 2 unspecified atom stereocenters. The van der Waals surface area contributed by atoms with Crippen LogP contribution in [0.3, 0.4) is 0 Å². The topological polar surface area (TPSA) is 23.5 Å². The lowest BCUT2D eigenvalue weighted by Gasteiger charge is -2.34. The molecule has 1 fully saturated rings. The molecule has 0 radical (unpaired) electrons. The zero-order valence-corrected chi connectivity index (χ0v) is 10.6. The van der Waals surface area contributed by atoms with E-state index >= 15 is 0 Å². The molecule has 2 aliphatic heterocycles. The maximum absolute atomic E-state index is 10.3. The number of likely N-dealkylation sites (N-methyl/N-ethyl adjacent to an activating group) is 1. The van der Waals surface area contributed by atoms with Crippen molar-refractivity contribution in [3.63, 3.8) is 0 Å². The molecule has 2 heteroatoms. The fourth-order valence-corrected chi connectivity index (χ4v) is 2.98. The van der Waals surface area contributed by atoms with Gasteiger partial charge in [-0.05, 0) is 40.7 Å². The highest BCUT2D eigenvalue weighted by Crippen LogP contribution is 2.41. The van der Waals surface area contributed by atoms with Crippen molar-refractivity contribution in [3.05, 3.63) is 34.6 Å². The predicted octanol–water partition coefficient (Wildman–Crippen LogP) is 3.19. The van der Waals surface area contributed by atoms with E-state index in [1.165, 1.54) is 5.57 Å². The van der Waals surface area contributed by atoms with E-state index in [2.05, 4.69) is 37.9 Å². The Balaban J connectivity index is 2.51. The summed E-state index contributed by atoms with van der Waals surface area (Å²) >= 11 is 0. The molecule has 16 heavy (non-hydrogen) atoms. The lowest BCUT2D eigenvalue weighted by atomic mass is 9.94. The van der Waals surface area contributed by atoms with Gasteiger partial charge in [-0.25, -0.2) is 0 Å². The second kappa shape index (κ2) is 4.10. The van der Waals surface area contributed by atoms with Gasteiger partial charge in [-0.2, -0.15) is 0 Å². The normalized spacial score (nSPS) is 32.4. The Morgan fingerprint density at radius 2 is 1.94 bits per heavy atom. The fraction of sp³-hybridized carbons (Fsp3) is 0.571. The second-order valence-corrected chi connectivity index (χ2v) is 5.04. The first-order chi connectivity index (χ1) is 7.56. The molecule has 0 amide bonds. The van der Waals surface area contributed by atoms with Crippen molar-refractivity contribution in [1.82, 2.24) is 4.90 Å². The average molecular weight is 219 g/mol. The Kier molecular flexibility index (Phi) is 2.94. The van der Waals surface area contributed by atoms with Gasteiger partial charge in [-0.1, -0.05) is 17.7 Å². The summed E-state index contributed by atoms with van der Waals surface area (Å²) in [5.41, 5.74) is 3.45. The van der Waals surface area contributed by atoms with Gasteiger partial charge in [0.1, 0.15) is 5.76 Å². The van der Waals surface area contributed by atoms with Crippen molar-refractivity contribution in [3.8, 4) is 0 Å². The zero-order chi connectivity index (χ0) is 11.9. The highest BCUT2D eigenvalue weighted by Gasteiger charge is 2.41. The van der Waals surface area contributed by atoms with Gasteiger partial charge < -0.3 is 5.11 Å². The Hall–Kier alpha value is -1.02. The van der Waals surface area contributed by atoms with Gasteiger partial charge in [0.15, 0.2) is 0 Å². The van der Waals surface area contributed by atoms with Crippen molar-refractivity contribution >= 4 is 0 Å². The van der Waals surface area contributed by atoms with Crippen LogP contribution in [0.15, 0.2) is 34.6 Å². The van der Waals surface area contributed by atoms with Crippen LogP contribution < -0.4 is 0 Å². The van der Waals surface area contributed by atoms with Gasteiger partial charge in [0.05, 0.1) is 0 Å². The number of aliphatic hydroxyl groups is 1. The summed E-state index contributed by atoms with van der Waals surface area (Å²) in [6.45, 7) is 6.17. The van der Waals surface area contributed by atoms with Crippen LogP contribution in [-0.4, -0.2) is 29.1 Å². The lowest BCUT2D eigenvalue weighted by Crippen LogP contribution is -2.39. The monoisotopic (exact) mass is 219 g/mol. The molecule has 88 valence electrons. The van der Waals surface area contributed by atoms with E-state index in [-0.39, 0.29) is 0 Å². The molecule has 2 rings (SSSR count). The van der Waals surface area contributed by atoms with Crippen LogP contribution in [0.1, 0.15) is 33.6 Å². The van der Waals surface area contributed by atoms with Gasteiger partial charge in [0.25, 0.3) is 0 Å². The Morgan fingerprint density at radius 1 is 1.31 bits per heavy atom. The Morgan fingerprint density at radius 3 is 2.50 bits per heavy atom. The third kappa shape index (κ3) is 1.61. The average Bonchev–Trinajstić information content (AvgIpc) is 2.51. The van der Waals surface area contributed by atoms with E-state index in [9.17, 15) is 5.11 Å². The van der Waals surface area contributed by atoms with Crippen LogP contribution in [0.4, 0.5) is 0 Å². The number of hydrogen-bond donors (Lipinski definition) is 1. The summed E-state index contributed by atoms with van der Waals surface area (Å²) in [5.74, 6) is 0.522. The van der Waals surface area contributed by atoms with Crippen molar-refractivity contribution < 1.29 is 5.11 Å². The molecule has 2 heterocycles. The third-order valence-electron chi connectivity index (χ3n) is 3.72. The van der Waals surface area contributed by atoms with Gasteiger partial charge >= 0.3 is 0 Å². The summed E-state index contributed by atoms with van der Waals surface area (Å²) in [4.78, 5) is 2.39. The number of rotatable bonds is 1. The first-order valence-corrected chi connectivity index (χ1v) is 6.02. The second-order valence-electron chi connectivity index (χ2n) is 5.04. The highest BCUT2D eigenvalue weighted by atomic mass is 16.3. The molecule has 0 aromatic heterocycles. The molecule has 2 nitrogen and oxygen atoms in total. The minimum atomic E-state index is 0.406. The molecular weight excluding hydrogens is 198 g/mol. The number of hydrogen-bond acceptors (Lipinski definition) is 2. The number of nitrogens with zero attached hydrogens (tertiary/aromatic N) is 1. The minimum absolute atomic E-state index is 0.406. The summed E-state index contributed by atoms with van der Waals surface area (Å²) < 4.78 is 0. The molecule has 0 aromatic carbocycles. The zero-order valence-electron chi connectivity index (χ0n) is 10.6.